The van der Waals surface area contributed by atoms with Gasteiger partial charge in [0.05, 0.1) is 12.6 Å². The summed E-state index contributed by atoms with van der Waals surface area (Å²) in [6, 6.07) is 6.90. The number of carbonyl (C=O) groups excluding carboxylic acids is 2. The average molecular weight is 339 g/mol. The molecule has 0 aromatic heterocycles. The van der Waals surface area contributed by atoms with Crippen LogP contribution in [-0.2, 0) is 9.59 Å². The molecule has 1 atom stereocenters. The molecule has 0 aliphatic carbocycles. The third kappa shape index (κ3) is 5.20. The fourth-order valence-electron chi connectivity index (χ4n) is 2.57. The summed E-state index contributed by atoms with van der Waals surface area (Å²) < 4.78 is 0. The van der Waals surface area contributed by atoms with Gasteiger partial charge in [0.15, 0.2) is 0 Å². The van der Waals surface area contributed by atoms with Crippen LogP contribution in [0.1, 0.15) is 6.92 Å². The van der Waals surface area contributed by atoms with E-state index < -0.39 is 0 Å². The molecule has 1 aliphatic heterocycles. The van der Waals surface area contributed by atoms with Crippen molar-refractivity contribution < 1.29 is 9.59 Å². The first-order valence-electron chi connectivity index (χ1n) is 7.73. The maximum atomic E-state index is 12.4. The van der Waals surface area contributed by atoms with E-state index in [1.807, 2.05) is 13.0 Å². The number of nitrogens with zero attached hydrogens (tertiary/aromatic N) is 2. The van der Waals surface area contributed by atoms with Crippen LogP contribution in [0.25, 0.3) is 0 Å². The van der Waals surface area contributed by atoms with Crippen molar-refractivity contribution >= 4 is 29.1 Å². The van der Waals surface area contributed by atoms with Crippen LogP contribution in [-0.4, -0.2) is 67.4 Å². The van der Waals surface area contributed by atoms with E-state index in [0.717, 1.165) is 26.2 Å². The van der Waals surface area contributed by atoms with Crippen molar-refractivity contribution in [2.24, 2.45) is 0 Å². The first-order valence-corrected chi connectivity index (χ1v) is 8.11. The number of hydrogen-bond donors (Lipinski definition) is 2. The SMILES string of the molecule is CNC(=O)CN1CCN([C@H](C)C(=O)Nc2cccc(Cl)c2)CC1. The number of rotatable bonds is 5. The van der Waals surface area contributed by atoms with Crippen molar-refractivity contribution in [3.63, 3.8) is 0 Å². The number of hydrogen-bond acceptors (Lipinski definition) is 4. The van der Waals surface area contributed by atoms with Crippen LogP contribution >= 0.6 is 11.6 Å². The van der Waals surface area contributed by atoms with Gasteiger partial charge in [0.2, 0.25) is 11.8 Å². The second-order valence-corrected chi connectivity index (χ2v) is 6.10. The van der Waals surface area contributed by atoms with Gasteiger partial charge in [-0.3, -0.25) is 19.4 Å². The number of likely N-dealkylation sites (N-methyl/N-ethyl adjacent to an activating group) is 1. The summed E-state index contributed by atoms with van der Waals surface area (Å²) in [7, 11) is 1.64. The minimum atomic E-state index is -0.226. The zero-order valence-electron chi connectivity index (χ0n) is 13.5. The fraction of sp³-hybridized carbons (Fsp3) is 0.500. The van der Waals surface area contributed by atoms with Crippen LogP contribution in [0.3, 0.4) is 0 Å². The molecular weight excluding hydrogens is 316 g/mol. The van der Waals surface area contributed by atoms with Crippen LogP contribution in [0.4, 0.5) is 5.69 Å². The summed E-state index contributed by atoms with van der Waals surface area (Å²) in [6.07, 6.45) is 0. The lowest BCUT2D eigenvalue weighted by Gasteiger charge is -2.37. The highest BCUT2D eigenvalue weighted by molar-refractivity contribution is 6.30. The molecule has 2 N–H and O–H groups in total. The van der Waals surface area contributed by atoms with Crippen LogP contribution in [0.5, 0.6) is 0 Å². The highest BCUT2D eigenvalue weighted by Crippen LogP contribution is 2.16. The van der Waals surface area contributed by atoms with E-state index in [2.05, 4.69) is 20.4 Å². The van der Waals surface area contributed by atoms with E-state index in [9.17, 15) is 9.59 Å². The maximum Gasteiger partial charge on any atom is 0.241 e. The Hall–Kier alpha value is -1.63. The van der Waals surface area contributed by atoms with E-state index in [4.69, 9.17) is 11.6 Å². The molecule has 0 spiro atoms. The summed E-state index contributed by atoms with van der Waals surface area (Å²) in [5.41, 5.74) is 0.701. The van der Waals surface area contributed by atoms with E-state index in [1.54, 1.807) is 25.2 Å². The molecule has 1 heterocycles. The number of halogens is 1. The minimum absolute atomic E-state index is 0.0187. The van der Waals surface area contributed by atoms with Crippen LogP contribution in [0, 0.1) is 0 Å². The number of benzene rings is 1. The monoisotopic (exact) mass is 338 g/mol. The molecular formula is C16H23ClN4O2. The van der Waals surface area contributed by atoms with E-state index in [1.165, 1.54) is 0 Å². The van der Waals surface area contributed by atoms with Crippen molar-refractivity contribution in [1.29, 1.82) is 0 Å². The predicted octanol–water partition coefficient (Wildman–Crippen LogP) is 1.03. The van der Waals surface area contributed by atoms with Gasteiger partial charge in [0.1, 0.15) is 0 Å². The molecule has 1 aromatic rings. The third-order valence-electron chi connectivity index (χ3n) is 4.07. The van der Waals surface area contributed by atoms with Crippen molar-refractivity contribution in [3.8, 4) is 0 Å². The Kier molecular flexibility index (Phi) is 6.38. The molecule has 1 saturated heterocycles. The zero-order valence-corrected chi connectivity index (χ0v) is 14.3. The number of nitrogens with one attached hydrogen (secondary N) is 2. The molecule has 2 amide bonds. The van der Waals surface area contributed by atoms with Crippen LogP contribution < -0.4 is 10.6 Å². The average Bonchev–Trinajstić information content (AvgIpc) is 2.54. The topological polar surface area (TPSA) is 64.7 Å². The van der Waals surface area contributed by atoms with Crippen molar-refractivity contribution in [2.45, 2.75) is 13.0 Å². The van der Waals surface area contributed by atoms with Gasteiger partial charge in [0, 0.05) is 43.9 Å². The quantitative estimate of drug-likeness (QED) is 0.841. The Balaban J connectivity index is 1.83. The largest absolute Gasteiger partial charge is 0.358 e. The standard InChI is InChI=1S/C16H23ClN4O2/c1-12(16(23)19-14-5-3-4-13(17)10-14)21-8-6-20(7-9-21)11-15(22)18-2/h3-5,10,12H,6-9,11H2,1-2H3,(H,18,22)(H,19,23)/t12-/m1/s1. The van der Waals surface area contributed by atoms with Gasteiger partial charge < -0.3 is 10.6 Å². The van der Waals surface area contributed by atoms with Crippen molar-refractivity contribution in [2.75, 3.05) is 45.1 Å². The molecule has 126 valence electrons. The van der Waals surface area contributed by atoms with Crippen molar-refractivity contribution in [1.82, 2.24) is 15.1 Å². The molecule has 6 nitrogen and oxygen atoms in total. The highest BCUT2D eigenvalue weighted by Gasteiger charge is 2.26. The highest BCUT2D eigenvalue weighted by atomic mass is 35.5. The Labute approximate surface area is 141 Å². The predicted molar refractivity (Wildman–Crippen MR) is 91.6 cm³/mol. The Bertz CT molecular complexity index is 559. The van der Waals surface area contributed by atoms with Gasteiger partial charge in [-0.25, -0.2) is 0 Å². The molecule has 23 heavy (non-hydrogen) atoms. The van der Waals surface area contributed by atoms with Gasteiger partial charge in [-0.15, -0.1) is 0 Å². The van der Waals surface area contributed by atoms with Crippen LogP contribution in [0.15, 0.2) is 24.3 Å². The lowest BCUT2D eigenvalue weighted by Crippen LogP contribution is -2.54. The lowest BCUT2D eigenvalue weighted by atomic mass is 10.2. The molecule has 2 rings (SSSR count). The fourth-order valence-corrected chi connectivity index (χ4v) is 2.76. The molecule has 1 aromatic carbocycles. The zero-order chi connectivity index (χ0) is 16.8. The third-order valence-corrected chi connectivity index (χ3v) is 4.31. The summed E-state index contributed by atoms with van der Waals surface area (Å²) in [5, 5.41) is 6.11. The molecule has 7 heteroatoms. The van der Waals surface area contributed by atoms with Crippen molar-refractivity contribution in [3.05, 3.63) is 29.3 Å². The summed E-state index contributed by atoms with van der Waals surface area (Å²) in [6.45, 7) is 5.40. The first-order chi connectivity index (χ1) is 11.0. The molecule has 1 aliphatic rings. The summed E-state index contributed by atoms with van der Waals surface area (Å²) in [4.78, 5) is 28.0. The molecule has 0 bridgehead atoms. The van der Waals surface area contributed by atoms with Gasteiger partial charge >= 0.3 is 0 Å². The molecule has 0 unspecified atom stereocenters. The molecule has 0 radical (unpaired) electrons. The second kappa shape index (κ2) is 8.29. The first kappa shape index (κ1) is 17.7. The number of carbonyl (C=O) groups is 2. The van der Waals surface area contributed by atoms with Gasteiger partial charge in [-0.1, -0.05) is 17.7 Å². The van der Waals surface area contributed by atoms with Gasteiger partial charge in [0.25, 0.3) is 0 Å². The Morgan fingerprint density at radius 2 is 1.96 bits per heavy atom. The van der Waals surface area contributed by atoms with E-state index in [-0.39, 0.29) is 17.9 Å². The van der Waals surface area contributed by atoms with Crippen LogP contribution in [0.2, 0.25) is 5.02 Å². The lowest BCUT2D eigenvalue weighted by molar-refractivity contribution is -0.124. The summed E-state index contributed by atoms with van der Waals surface area (Å²) >= 11 is 5.93. The van der Waals surface area contributed by atoms with E-state index in [0.29, 0.717) is 17.3 Å². The normalized spacial score (nSPS) is 17.5. The number of amides is 2. The molecule has 0 saturated carbocycles. The minimum Gasteiger partial charge on any atom is -0.358 e. The van der Waals surface area contributed by atoms with Gasteiger partial charge in [-0.05, 0) is 25.1 Å². The number of anilines is 1. The van der Waals surface area contributed by atoms with E-state index >= 15 is 0 Å². The summed E-state index contributed by atoms with van der Waals surface area (Å²) in [5.74, 6) is -0.0304. The number of piperazine rings is 1. The Morgan fingerprint density at radius 3 is 2.57 bits per heavy atom. The van der Waals surface area contributed by atoms with Gasteiger partial charge in [-0.2, -0.15) is 0 Å². The second-order valence-electron chi connectivity index (χ2n) is 5.66. The Morgan fingerprint density at radius 1 is 1.26 bits per heavy atom. The smallest absolute Gasteiger partial charge is 0.241 e. The molecule has 1 fully saturated rings. The maximum absolute atomic E-state index is 12.4.